The number of nitrogens with one attached hydrogen (secondary N) is 2. The molecule has 4 aromatic rings. The number of anilines is 1. The van der Waals surface area contributed by atoms with E-state index in [0.29, 0.717) is 35.6 Å². The Morgan fingerprint density at radius 3 is 2.36 bits per heavy atom. The van der Waals surface area contributed by atoms with Crippen LogP contribution in [-0.2, 0) is 11.3 Å². The highest BCUT2D eigenvalue weighted by atomic mass is 19.4. The Balaban J connectivity index is 1.39. The van der Waals surface area contributed by atoms with Gasteiger partial charge in [0.15, 0.2) is 0 Å². The van der Waals surface area contributed by atoms with Crippen molar-refractivity contribution in [2.24, 2.45) is 0 Å². The quantitative estimate of drug-likeness (QED) is 0.281. The van der Waals surface area contributed by atoms with Gasteiger partial charge in [0, 0.05) is 36.6 Å². The molecule has 2 aromatic heterocycles. The first-order valence-corrected chi connectivity index (χ1v) is 12.3. The average molecular weight is 533 g/mol. The molecule has 2 heterocycles. The van der Waals surface area contributed by atoms with Crippen LogP contribution in [0.3, 0.4) is 0 Å². The third-order valence-electron chi connectivity index (χ3n) is 6.25. The minimum Gasteiger partial charge on any atom is -0.315 e. The first-order chi connectivity index (χ1) is 18.7. The van der Waals surface area contributed by atoms with Crippen molar-refractivity contribution < 1.29 is 18.0 Å². The van der Waals surface area contributed by atoms with Gasteiger partial charge < -0.3 is 10.6 Å². The van der Waals surface area contributed by atoms with Gasteiger partial charge in [-0.2, -0.15) is 23.5 Å². The van der Waals surface area contributed by atoms with Crippen LogP contribution >= 0.6 is 0 Å². The third kappa shape index (κ3) is 7.75. The summed E-state index contributed by atoms with van der Waals surface area (Å²) in [5, 5.41) is 19.0. The molecule has 7 nitrogen and oxygen atoms in total. The van der Waals surface area contributed by atoms with E-state index in [1.165, 1.54) is 18.6 Å². The highest BCUT2D eigenvalue weighted by Crippen LogP contribution is 2.23. The fourth-order valence-corrected chi connectivity index (χ4v) is 4.13. The summed E-state index contributed by atoms with van der Waals surface area (Å²) in [7, 11) is 0. The van der Waals surface area contributed by atoms with Gasteiger partial charge in [-0.25, -0.2) is 4.98 Å². The summed E-state index contributed by atoms with van der Waals surface area (Å²) < 4.78 is 38.6. The Morgan fingerprint density at radius 1 is 0.974 bits per heavy atom. The number of aromatic nitrogens is 3. The SMILES string of the molecule is C[C@@H](CNCC(C(=O)Nc1ccc(-c2cnn(CC(F)(F)F)c2)cn1)c1ccccc1)c1ccc(C#N)cc1. The molecule has 4 rings (SSSR count). The number of hydrogen-bond donors (Lipinski definition) is 2. The fraction of sp³-hybridized carbons (Fsp3) is 0.241. The number of hydrogen-bond acceptors (Lipinski definition) is 5. The Hall–Kier alpha value is -4.49. The van der Waals surface area contributed by atoms with Crippen molar-refractivity contribution in [2.45, 2.75) is 31.5 Å². The molecule has 2 atom stereocenters. The molecule has 1 amide bonds. The van der Waals surface area contributed by atoms with E-state index < -0.39 is 18.6 Å². The van der Waals surface area contributed by atoms with Crippen LogP contribution in [0, 0.1) is 11.3 Å². The van der Waals surface area contributed by atoms with Crippen molar-refractivity contribution in [1.82, 2.24) is 20.1 Å². The van der Waals surface area contributed by atoms with Crippen molar-refractivity contribution in [3.63, 3.8) is 0 Å². The lowest BCUT2D eigenvalue weighted by Crippen LogP contribution is -2.32. The highest BCUT2D eigenvalue weighted by Gasteiger charge is 2.28. The zero-order valence-corrected chi connectivity index (χ0v) is 21.2. The summed E-state index contributed by atoms with van der Waals surface area (Å²) in [6.07, 6.45) is -0.225. The Kier molecular flexibility index (Phi) is 8.74. The van der Waals surface area contributed by atoms with E-state index in [-0.39, 0.29) is 11.8 Å². The molecular formula is C29H27F3N6O. The molecule has 0 saturated carbocycles. The Labute approximate surface area is 224 Å². The predicted molar refractivity (Wildman–Crippen MR) is 142 cm³/mol. The first kappa shape index (κ1) is 27.5. The lowest BCUT2D eigenvalue weighted by atomic mass is 9.96. The molecule has 0 aliphatic rings. The minimum atomic E-state index is -4.36. The molecular weight excluding hydrogens is 505 g/mol. The van der Waals surface area contributed by atoms with E-state index in [1.807, 2.05) is 42.5 Å². The van der Waals surface area contributed by atoms with E-state index >= 15 is 0 Å². The average Bonchev–Trinajstić information content (AvgIpc) is 3.38. The molecule has 1 unspecified atom stereocenters. The maximum absolute atomic E-state index is 13.3. The van der Waals surface area contributed by atoms with Gasteiger partial charge in [-0.3, -0.25) is 9.48 Å². The smallest absolute Gasteiger partial charge is 0.315 e. The molecule has 39 heavy (non-hydrogen) atoms. The van der Waals surface area contributed by atoms with Crippen molar-refractivity contribution in [1.29, 1.82) is 5.26 Å². The lowest BCUT2D eigenvalue weighted by Gasteiger charge is -2.20. The second kappa shape index (κ2) is 12.4. The van der Waals surface area contributed by atoms with Crippen LogP contribution in [0.1, 0.15) is 35.4 Å². The Bertz CT molecular complexity index is 1410. The standard InChI is InChI=1S/C29H27F3N6O/c1-20(22-9-7-21(13-33)8-10-22)14-34-17-26(23-5-3-2-4-6-23)28(39)37-27-12-11-24(15-35-27)25-16-36-38(18-25)19-29(30,31)32/h2-12,15-16,18,20,26,34H,14,17,19H2,1H3,(H,35,37,39)/t20-,26?/m0/s1. The molecule has 200 valence electrons. The van der Waals surface area contributed by atoms with Crippen molar-refractivity contribution in [2.75, 3.05) is 18.4 Å². The molecule has 0 saturated heterocycles. The van der Waals surface area contributed by atoms with E-state index in [4.69, 9.17) is 5.26 Å². The van der Waals surface area contributed by atoms with Gasteiger partial charge in [0.05, 0.1) is 23.7 Å². The number of amides is 1. The van der Waals surface area contributed by atoms with E-state index in [2.05, 4.69) is 33.7 Å². The minimum absolute atomic E-state index is 0.173. The van der Waals surface area contributed by atoms with Crippen molar-refractivity contribution in [3.8, 4) is 17.2 Å². The summed E-state index contributed by atoms with van der Waals surface area (Å²) in [5.41, 5.74) is 3.63. The number of halogens is 3. The summed E-state index contributed by atoms with van der Waals surface area (Å²) >= 11 is 0. The first-order valence-electron chi connectivity index (χ1n) is 12.3. The molecule has 0 aliphatic heterocycles. The van der Waals surface area contributed by atoms with Gasteiger partial charge in [0.1, 0.15) is 12.4 Å². The number of alkyl halides is 3. The number of nitrogens with zero attached hydrogens (tertiary/aromatic N) is 4. The van der Waals surface area contributed by atoms with Gasteiger partial charge in [-0.15, -0.1) is 0 Å². The van der Waals surface area contributed by atoms with Crippen LogP contribution in [0.25, 0.3) is 11.1 Å². The molecule has 10 heteroatoms. The summed E-state index contributed by atoms with van der Waals surface area (Å²) in [5.74, 6) is -0.218. The van der Waals surface area contributed by atoms with Crippen LogP contribution in [0.15, 0.2) is 85.3 Å². The molecule has 0 radical (unpaired) electrons. The van der Waals surface area contributed by atoms with Crippen LogP contribution in [-0.4, -0.2) is 39.9 Å². The molecule has 0 aliphatic carbocycles. The van der Waals surface area contributed by atoms with Crippen molar-refractivity contribution in [3.05, 3.63) is 102 Å². The van der Waals surface area contributed by atoms with E-state index in [1.54, 1.807) is 24.3 Å². The maximum atomic E-state index is 13.3. The van der Waals surface area contributed by atoms with Crippen LogP contribution < -0.4 is 10.6 Å². The second-order valence-electron chi connectivity index (χ2n) is 9.22. The van der Waals surface area contributed by atoms with Crippen LogP contribution in [0.5, 0.6) is 0 Å². The monoisotopic (exact) mass is 532 g/mol. The topological polar surface area (TPSA) is 95.6 Å². The predicted octanol–water partition coefficient (Wildman–Crippen LogP) is 5.49. The molecule has 0 spiro atoms. The van der Waals surface area contributed by atoms with E-state index in [9.17, 15) is 18.0 Å². The lowest BCUT2D eigenvalue weighted by molar-refractivity contribution is -0.142. The zero-order chi connectivity index (χ0) is 27.8. The fourth-order valence-electron chi connectivity index (χ4n) is 4.13. The largest absolute Gasteiger partial charge is 0.408 e. The van der Waals surface area contributed by atoms with Gasteiger partial charge in [0.25, 0.3) is 0 Å². The summed E-state index contributed by atoms with van der Waals surface area (Å²) in [6.45, 7) is 1.93. The third-order valence-corrected chi connectivity index (χ3v) is 6.25. The number of carbonyl (C=O) groups excluding carboxylic acids is 1. The number of benzene rings is 2. The molecule has 2 aromatic carbocycles. The van der Waals surface area contributed by atoms with Gasteiger partial charge in [-0.05, 0) is 41.3 Å². The zero-order valence-electron chi connectivity index (χ0n) is 21.2. The Morgan fingerprint density at radius 2 is 1.72 bits per heavy atom. The van der Waals surface area contributed by atoms with Crippen molar-refractivity contribution >= 4 is 11.7 Å². The number of carbonyl (C=O) groups is 1. The van der Waals surface area contributed by atoms with Gasteiger partial charge in [0.2, 0.25) is 5.91 Å². The molecule has 0 bridgehead atoms. The molecule has 2 N–H and O–H groups in total. The summed E-state index contributed by atoms with van der Waals surface area (Å²) in [4.78, 5) is 17.6. The number of pyridine rings is 1. The number of rotatable bonds is 10. The highest BCUT2D eigenvalue weighted by molar-refractivity contribution is 5.95. The van der Waals surface area contributed by atoms with Crippen LogP contribution in [0.4, 0.5) is 19.0 Å². The van der Waals surface area contributed by atoms with Gasteiger partial charge >= 0.3 is 6.18 Å². The summed E-state index contributed by atoms with van der Waals surface area (Å²) in [6, 6.07) is 22.3. The number of nitriles is 1. The normalized spacial score (nSPS) is 12.9. The van der Waals surface area contributed by atoms with Crippen LogP contribution in [0.2, 0.25) is 0 Å². The second-order valence-corrected chi connectivity index (χ2v) is 9.22. The van der Waals surface area contributed by atoms with Gasteiger partial charge in [-0.1, -0.05) is 49.4 Å². The molecule has 0 fully saturated rings. The maximum Gasteiger partial charge on any atom is 0.408 e. The van der Waals surface area contributed by atoms with E-state index in [0.717, 1.165) is 15.8 Å².